The van der Waals surface area contributed by atoms with Gasteiger partial charge in [0.05, 0.1) is 6.10 Å². The quantitative estimate of drug-likeness (QED) is 0.725. The minimum atomic E-state index is 0.0393. The molecule has 3 aliphatic carbocycles. The topological polar surface area (TPSA) is 20.2 Å². The van der Waals surface area contributed by atoms with Gasteiger partial charge in [0.2, 0.25) is 0 Å². The zero-order valence-corrected chi connectivity index (χ0v) is 11.1. The molecule has 0 amide bonds. The van der Waals surface area contributed by atoms with Crippen LogP contribution in [0.3, 0.4) is 0 Å². The van der Waals surface area contributed by atoms with Crippen molar-refractivity contribution in [2.24, 2.45) is 23.7 Å². The summed E-state index contributed by atoms with van der Waals surface area (Å²) in [5.41, 5.74) is 0. The molecule has 4 atom stereocenters. The van der Waals surface area contributed by atoms with Gasteiger partial charge >= 0.3 is 0 Å². The molecule has 0 radical (unpaired) electrons. The monoisotopic (exact) mass is 236 g/mol. The van der Waals surface area contributed by atoms with E-state index in [2.05, 4.69) is 0 Å². The Bertz CT molecular complexity index is 244. The third kappa shape index (κ3) is 2.54. The van der Waals surface area contributed by atoms with Crippen LogP contribution in [-0.4, -0.2) is 11.2 Å². The second-order valence-corrected chi connectivity index (χ2v) is 6.91. The first-order chi connectivity index (χ1) is 8.34. The second kappa shape index (κ2) is 5.30. The van der Waals surface area contributed by atoms with Crippen LogP contribution in [0.2, 0.25) is 0 Å². The van der Waals surface area contributed by atoms with Crippen molar-refractivity contribution >= 4 is 0 Å². The molecule has 0 aromatic rings. The summed E-state index contributed by atoms with van der Waals surface area (Å²) in [6.07, 6.45) is 15.3. The molecule has 1 nitrogen and oxygen atoms in total. The fraction of sp³-hybridized carbons (Fsp3) is 1.00. The summed E-state index contributed by atoms with van der Waals surface area (Å²) in [7, 11) is 0. The van der Waals surface area contributed by atoms with Crippen LogP contribution in [0.5, 0.6) is 0 Å². The van der Waals surface area contributed by atoms with E-state index in [1.807, 2.05) is 0 Å². The molecule has 0 aromatic carbocycles. The average Bonchev–Trinajstić information content (AvgIpc) is 2.39. The maximum Gasteiger partial charge on any atom is 0.0573 e. The summed E-state index contributed by atoms with van der Waals surface area (Å²) in [6.45, 7) is 0. The van der Waals surface area contributed by atoms with Crippen LogP contribution in [0, 0.1) is 23.7 Å². The molecule has 0 heterocycles. The van der Waals surface area contributed by atoms with Crippen molar-refractivity contribution in [3.63, 3.8) is 0 Å². The smallest absolute Gasteiger partial charge is 0.0573 e. The largest absolute Gasteiger partial charge is 0.393 e. The van der Waals surface area contributed by atoms with Crippen LogP contribution < -0.4 is 0 Å². The van der Waals surface area contributed by atoms with Crippen molar-refractivity contribution in [3.8, 4) is 0 Å². The molecule has 0 saturated heterocycles. The van der Waals surface area contributed by atoms with Crippen molar-refractivity contribution < 1.29 is 5.11 Å². The van der Waals surface area contributed by atoms with E-state index in [1.54, 1.807) is 0 Å². The highest BCUT2D eigenvalue weighted by atomic mass is 16.3. The first-order valence-electron chi connectivity index (χ1n) is 8.02. The molecule has 0 spiro atoms. The zero-order chi connectivity index (χ0) is 11.7. The Balaban J connectivity index is 1.64. The Morgan fingerprint density at radius 2 is 1.12 bits per heavy atom. The molecule has 0 aliphatic heterocycles. The second-order valence-electron chi connectivity index (χ2n) is 6.91. The van der Waals surface area contributed by atoms with E-state index in [0.29, 0.717) is 5.92 Å². The summed E-state index contributed by atoms with van der Waals surface area (Å²) < 4.78 is 0. The summed E-state index contributed by atoms with van der Waals surface area (Å²) in [4.78, 5) is 0. The summed E-state index contributed by atoms with van der Waals surface area (Å²) in [5.74, 6) is 3.37. The molecular formula is C16H28O. The number of hydrogen-bond donors (Lipinski definition) is 1. The molecule has 1 N–H and O–H groups in total. The van der Waals surface area contributed by atoms with E-state index < -0.39 is 0 Å². The molecule has 0 bridgehead atoms. The van der Waals surface area contributed by atoms with Gasteiger partial charge in [-0.3, -0.25) is 0 Å². The molecular weight excluding hydrogens is 208 g/mol. The van der Waals surface area contributed by atoms with Gasteiger partial charge in [-0.05, 0) is 36.5 Å². The Labute approximate surface area is 106 Å². The zero-order valence-electron chi connectivity index (χ0n) is 11.1. The normalized spacial score (nSPS) is 44.3. The van der Waals surface area contributed by atoms with Crippen molar-refractivity contribution in [1.29, 1.82) is 0 Å². The Kier molecular flexibility index (Phi) is 3.75. The number of aliphatic hydroxyl groups excluding tert-OH is 1. The predicted octanol–water partition coefficient (Wildman–Crippen LogP) is 4.14. The highest BCUT2D eigenvalue weighted by Crippen LogP contribution is 2.47. The third-order valence-corrected chi connectivity index (χ3v) is 5.94. The van der Waals surface area contributed by atoms with Crippen LogP contribution >= 0.6 is 0 Å². The van der Waals surface area contributed by atoms with Gasteiger partial charge < -0.3 is 5.11 Å². The van der Waals surface area contributed by atoms with Crippen LogP contribution in [-0.2, 0) is 0 Å². The Hall–Kier alpha value is -0.0400. The van der Waals surface area contributed by atoms with Crippen LogP contribution in [0.15, 0.2) is 0 Å². The standard InChI is InChI=1S/C16H28O/c17-16-11-14-9-5-4-8-13(14)10-15(16)12-6-2-1-3-7-12/h12-17H,1-11H2/t13-,14+,15-,16-/m0/s1. The number of aliphatic hydroxyl groups is 1. The highest BCUT2D eigenvalue weighted by molar-refractivity contribution is 4.91. The molecule has 3 rings (SSSR count). The van der Waals surface area contributed by atoms with Gasteiger partial charge in [0.15, 0.2) is 0 Å². The van der Waals surface area contributed by atoms with Gasteiger partial charge in [0, 0.05) is 0 Å². The van der Waals surface area contributed by atoms with Gasteiger partial charge in [-0.25, -0.2) is 0 Å². The van der Waals surface area contributed by atoms with Gasteiger partial charge in [-0.1, -0.05) is 57.8 Å². The van der Waals surface area contributed by atoms with E-state index in [4.69, 9.17) is 0 Å². The predicted molar refractivity (Wildman–Crippen MR) is 70.8 cm³/mol. The summed E-state index contributed by atoms with van der Waals surface area (Å²) in [5, 5.41) is 10.5. The Morgan fingerprint density at radius 1 is 0.588 bits per heavy atom. The van der Waals surface area contributed by atoms with Gasteiger partial charge in [-0.15, -0.1) is 0 Å². The molecule has 0 aromatic heterocycles. The molecule has 17 heavy (non-hydrogen) atoms. The maximum atomic E-state index is 10.5. The first-order valence-corrected chi connectivity index (χ1v) is 8.02. The fourth-order valence-electron chi connectivity index (χ4n) is 4.97. The number of fused-ring (bicyclic) bond motifs is 1. The van der Waals surface area contributed by atoms with Gasteiger partial charge in [-0.2, -0.15) is 0 Å². The fourth-order valence-corrected chi connectivity index (χ4v) is 4.97. The van der Waals surface area contributed by atoms with Crippen molar-refractivity contribution in [1.82, 2.24) is 0 Å². The lowest BCUT2D eigenvalue weighted by atomic mass is 9.62. The van der Waals surface area contributed by atoms with E-state index in [1.165, 1.54) is 64.2 Å². The molecule has 98 valence electrons. The van der Waals surface area contributed by atoms with E-state index >= 15 is 0 Å². The number of hydrogen-bond acceptors (Lipinski definition) is 1. The van der Waals surface area contributed by atoms with E-state index in [-0.39, 0.29) is 6.10 Å². The van der Waals surface area contributed by atoms with Gasteiger partial charge in [0.1, 0.15) is 0 Å². The third-order valence-electron chi connectivity index (χ3n) is 5.94. The van der Waals surface area contributed by atoms with Gasteiger partial charge in [0.25, 0.3) is 0 Å². The number of rotatable bonds is 1. The lowest BCUT2D eigenvalue weighted by Crippen LogP contribution is -2.40. The molecule has 1 heteroatoms. The first kappa shape index (κ1) is 12.0. The van der Waals surface area contributed by atoms with Crippen LogP contribution in [0.4, 0.5) is 0 Å². The molecule has 3 saturated carbocycles. The maximum absolute atomic E-state index is 10.5. The minimum Gasteiger partial charge on any atom is -0.393 e. The van der Waals surface area contributed by atoms with Crippen LogP contribution in [0.25, 0.3) is 0 Å². The minimum absolute atomic E-state index is 0.0393. The Morgan fingerprint density at radius 3 is 1.82 bits per heavy atom. The molecule has 3 aliphatic rings. The van der Waals surface area contributed by atoms with Crippen molar-refractivity contribution in [2.45, 2.75) is 76.7 Å². The highest BCUT2D eigenvalue weighted by Gasteiger charge is 2.40. The van der Waals surface area contributed by atoms with Crippen molar-refractivity contribution in [2.75, 3.05) is 0 Å². The summed E-state index contributed by atoms with van der Waals surface area (Å²) in [6, 6.07) is 0. The van der Waals surface area contributed by atoms with Crippen LogP contribution in [0.1, 0.15) is 70.6 Å². The lowest BCUT2D eigenvalue weighted by Gasteiger charge is -2.45. The SMILES string of the molecule is O[C@H]1C[C@H]2CCCC[C@H]2C[C@H]1C1CCCCC1. The van der Waals surface area contributed by atoms with E-state index in [9.17, 15) is 5.11 Å². The lowest BCUT2D eigenvalue weighted by molar-refractivity contribution is -0.0314. The average molecular weight is 236 g/mol. The van der Waals surface area contributed by atoms with E-state index in [0.717, 1.165) is 24.2 Å². The van der Waals surface area contributed by atoms with Crippen molar-refractivity contribution in [3.05, 3.63) is 0 Å². The summed E-state index contributed by atoms with van der Waals surface area (Å²) >= 11 is 0. The molecule has 3 fully saturated rings. The molecule has 0 unspecified atom stereocenters.